The van der Waals surface area contributed by atoms with Crippen molar-refractivity contribution in [2.45, 2.75) is 36.7 Å². The van der Waals surface area contributed by atoms with Gasteiger partial charge in [0.05, 0.1) is 12.0 Å². The summed E-state index contributed by atoms with van der Waals surface area (Å²) in [6.07, 6.45) is 1.73. The number of sulfonamides is 1. The number of nitrogens with one attached hydrogen (secondary N) is 1. The number of hydrogen-bond donors (Lipinski definition) is 1. The number of aromatic amines is 1. The molecule has 0 fully saturated rings. The second-order valence-electron chi connectivity index (χ2n) is 5.78. The second-order valence-corrected chi connectivity index (χ2v) is 7.78. The number of H-pyrrole nitrogens is 1. The van der Waals surface area contributed by atoms with Gasteiger partial charge in [0.25, 0.3) is 0 Å². The second kappa shape index (κ2) is 6.40. The first kappa shape index (κ1) is 16.7. The quantitative estimate of drug-likeness (QED) is 0.869. The molecule has 0 spiro atoms. The van der Waals surface area contributed by atoms with Gasteiger partial charge in [-0.2, -0.15) is 9.40 Å². The molecule has 3 rings (SSSR count). The van der Waals surface area contributed by atoms with Gasteiger partial charge in [-0.3, -0.25) is 4.57 Å². The van der Waals surface area contributed by atoms with Crippen molar-refractivity contribution in [3.8, 4) is 5.75 Å². The van der Waals surface area contributed by atoms with Crippen molar-refractivity contribution >= 4 is 10.0 Å². The fourth-order valence-electron chi connectivity index (χ4n) is 2.98. The number of aryl methyl sites for hydroxylation is 1. The maximum atomic E-state index is 12.9. The lowest BCUT2D eigenvalue weighted by Gasteiger charge is -2.26. The summed E-state index contributed by atoms with van der Waals surface area (Å²) in [5.74, 6) is 1.17. The van der Waals surface area contributed by atoms with Crippen LogP contribution in [0.1, 0.15) is 18.7 Å². The van der Waals surface area contributed by atoms with E-state index >= 15 is 0 Å². The van der Waals surface area contributed by atoms with Crippen molar-refractivity contribution in [3.05, 3.63) is 40.6 Å². The molecule has 0 aliphatic carbocycles. The number of benzene rings is 1. The summed E-state index contributed by atoms with van der Waals surface area (Å²) in [5.41, 5.74) is -0.246. The number of fused-ring (bicyclic) bond motifs is 1. The van der Waals surface area contributed by atoms with E-state index in [9.17, 15) is 13.2 Å². The highest BCUT2D eigenvalue weighted by Crippen LogP contribution is 2.25. The molecule has 8 nitrogen and oxygen atoms in total. The van der Waals surface area contributed by atoms with Gasteiger partial charge < -0.3 is 4.74 Å². The van der Waals surface area contributed by atoms with Crippen LogP contribution >= 0.6 is 0 Å². The van der Waals surface area contributed by atoms with Gasteiger partial charge in [-0.05, 0) is 25.0 Å². The van der Waals surface area contributed by atoms with Crippen LogP contribution in [0.25, 0.3) is 0 Å². The first-order chi connectivity index (χ1) is 11.4. The summed E-state index contributed by atoms with van der Waals surface area (Å²) in [6, 6.07) is 6.24. The molecule has 1 atom stereocenters. The Labute approximate surface area is 140 Å². The van der Waals surface area contributed by atoms with Gasteiger partial charge in [-0.25, -0.2) is 18.3 Å². The van der Waals surface area contributed by atoms with Gasteiger partial charge in [-0.1, -0.05) is 6.07 Å². The molecule has 1 aliphatic rings. The molecule has 1 N–H and O–H groups in total. The molecule has 24 heavy (non-hydrogen) atoms. The van der Waals surface area contributed by atoms with Crippen LogP contribution < -0.4 is 10.4 Å². The molecule has 0 saturated carbocycles. The first-order valence-electron chi connectivity index (χ1n) is 7.69. The van der Waals surface area contributed by atoms with Crippen molar-refractivity contribution in [2.24, 2.45) is 0 Å². The van der Waals surface area contributed by atoms with Gasteiger partial charge in [0.15, 0.2) is 0 Å². The van der Waals surface area contributed by atoms with Crippen LogP contribution in [0.15, 0.2) is 34.0 Å². The SMILES string of the molecule is COc1cccc(S(=O)(=O)N(C)[C@H]2CCc3n[nH]c(=O)n3CC2)c1. The maximum absolute atomic E-state index is 12.9. The minimum atomic E-state index is -3.63. The standard InChI is InChI=1S/C15H20N4O4S/c1-18(24(21,22)13-5-3-4-12(10-13)23-2)11-6-7-14-16-17-15(20)19(14)9-8-11/h3-5,10-11H,6-9H2,1-2H3,(H,17,20)/t11-/m0/s1. The summed E-state index contributed by atoms with van der Waals surface area (Å²) < 4.78 is 33.8. The normalized spacial score (nSPS) is 18.2. The molecule has 0 radical (unpaired) electrons. The molecule has 1 aliphatic heterocycles. The van der Waals surface area contributed by atoms with Crippen molar-refractivity contribution < 1.29 is 13.2 Å². The van der Waals surface area contributed by atoms with Gasteiger partial charge in [-0.15, -0.1) is 0 Å². The smallest absolute Gasteiger partial charge is 0.343 e. The van der Waals surface area contributed by atoms with Gasteiger partial charge in [0.2, 0.25) is 10.0 Å². The van der Waals surface area contributed by atoms with Crippen LogP contribution in [0, 0.1) is 0 Å². The Kier molecular flexibility index (Phi) is 4.46. The molecule has 0 amide bonds. The highest BCUT2D eigenvalue weighted by atomic mass is 32.2. The minimum absolute atomic E-state index is 0.192. The Morgan fingerprint density at radius 1 is 1.38 bits per heavy atom. The first-order valence-corrected chi connectivity index (χ1v) is 9.13. The average molecular weight is 352 g/mol. The van der Waals surface area contributed by atoms with E-state index in [1.165, 1.54) is 17.5 Å². The van der Waals surface area contributed by atoms with E-state index in [-0.39, 0.29) is 16.6 Å². The Morgan fingerprint density at radius 3 is 2.92 bits per heavy atom. The summed E-state index contributed by atoms with van der Waals surface area (Å²) in [7, 11) is -0.549. The fraction of sp³-hybridized carbons (Fsp3) is 0.467. The predicted molar refractivity (Wildman–Crippen MR) is 87.5 cm³/mol. The van der Waals surface area contributed by atoms with Crippen molar-refractivity contribution in [2.75, 3.05) is 14.2 Å². The highest BCUT2D eigenvalue weighted by Gasteiger charge is 2.30. The third kappa shape index (κ3) is 2.96. The van der Waals surface area contributed by atoms with E-state index in [4.69, 9.17) is 4.74 Å². The molecule has 2 aromatic rings. The van der Waals surface area contributed by atoms with E-state index in [0.717, 1.165) is 0 Å². The van der Waals surface area contributed by atoms with Crippen LogP contribution in [0.2, 0.25) is 0 Å². The van der Waals surface area contributed by atoms with Gasteiger partial charge >= 0.3 is 5.69 Å². The van der Waals surface area contributed by atoms with Gasteiger partial charge in [0.1, 0.15) is 11.6 Å². The molecular weight excluding hydrogens is 332 g/mol. The van der Waals surface area contributed by atoms with Crippen molar-refractivity contribution in [1.82, 2.24) is 19.1 Å². The van der Waals surface area contributed by atoms with Crippen LogP contribution in [0.4, 0.5) is 0 Å². The Hall–Kier alpha value is -2.13. The maximum Gasteiger partial charge on any atom is 0.343 e. The van der Waals surface area contributed by atoms with Gasteiger partial charge in [0, 0.05) is 32.1 Å². The molecule has 1 aromatic heterocycles. The molecule has 2 heterocycles. The molecule has 0 saturated heterocycles. The summed E-state index contributed by atoms with van der Waals surface area (Å²) in [5, 5.41) is 6.43. The Balaban J connectivity index is 1.83. The van der Waals surface area contributed by atoms with E-state index in [1.807, 2.05) is 0 Å². The summed E-state index contributed by atoms with van der Waals surface area (Å²) in [4.78, 5) is 11.9. The number of rotatable bonds is 4. The number of ether oxygens (including phenoxy) is 1. The predicted octanol–water partition coefficient (Wildman–Crippen LogP) is 0.606. The lowest BCUT2D eigenvalue weighted by Crippen LogP contribution is -2.37. The minimum Gasteiger partial charge on any atom is -0.497 e. The summed E-state index contributed by atoms with van der Waals surface area (Å²) >= 11 is 0. The number of nitrogens with zero attached hydrogens (tertiary/aromatic N) is 3. The fourth-order valence-corrected chi connectivity index (χ4v) is 4.43. The highest BCUT2D eigenvalue weighted by molar-refractivity contribution is 7.89. The lowest BCUT2D eigenvalue weighted by atomic mass is 10.1. The topological polar surface area (TPSA) is 97.3 Å². The molecule has 1 aromatic carbocycles. The lowest BCUT2D eigenvalue weighted by molar-refractivity contribution is 0.329. The van der Waals surface area contributed by atoms with E-state index in [0.29, 0.717) is 37.4 Å². The zero-order valence-corrected chi connectivity index (χ0v) is 14.4. The Morgan fingerprint density at radius 2 is 2.17 bits per heavy atom. The Bertz CT molecular complexity index is 887. The van der Waals surface area contributed by atoms with Crippen molar-refractivity contribution in [1.29, 1.82) is 0 Å². The van der Waals surface area contributed by atoms with E-state index < -0.39 is 10.0 Å². The molecule has 130 valence electrons. The zero-order valence-electron chi connectivity index (χ0n) is 13.6. The van der Waals surface area contributed by atoms with Crippen LogP contribution in [0.5, 0.6) is 5.75 Å². The average Bonchev–Trinajstić information content (AvgIpc) is 2.82. The molecular formula is C15H20N4O4S. The zero-order chi connectivity index (χ0) is 17.3. The van der Waals surface area contributed by atoms with E-state index in [2.05, 4.69) is 10.2 Å². The van der Waals surface area contributed by atoms with Crippen LogP contribution in [-0.4, -0.2) is 47.7 Å². The third-order valence-corrected chi connectivity index (χ3v) is 6.36. The largest absolute Gasteiger partial charge is 0.497 e. The number of hydrogen-bond acceptors (Lipinski definition) is 5. The van der Waals surface area contributed by atoms with Crippen LogP contribution in [-0.2, 0) is 23.0 Å². The number of methoxy groups -OCH3 is 1. The molecule has 0 unspecified atom stereocenters. The van der Waals surface area contributed by atoms with Crippen LogP contribution in [0.3, 0.4) is 0 Å². The van der Waals surface area contributed by atoms with E-state index in [1.54, 1.807) is 29.8 Å². The van der Waals surface area contributed by atoms with Crippen molar-refractivity contribution in [3.63, 3.8) is 0 Å². The summed E-state index contributed by atoms with van der Waals surface area (Å²) in [6.45, 7) is 0.452. The molecule has 9 heteroatoms. The number of aromatic nitrogens is 3. The third-order valence-electron chi connectivity index (χ3n) is 4.46. The monoisotopic (exact) mass is 352 g/mol. The molecule has 0 bridgehead atoms.